The fraction of sp³-hybridized carbons (Fsp3) is 0.440. The normalized spacial score (nSPS) is 18.9. The Balaban J connectivity index is 0.980. The molecule has 1 aliphatic carbocycles. The van der Waals surface area contributed by atoms with Crippen LogP contribution >= 0.6 is 11.6 Å². The first-order valence-electron chi connectivity index (χ1n) is 23.2. The number of benzene rings is 4. The molecule has 3 fully saturated rings. The number of nitro benzene ring substituents is 1. The summed E-state index contributed by atoms with van der Waals surface area (Å²) in [5.74, 6) is -0.864. The topological polar surface area (TPSA) is 176 Å². The summed E-state index contributed by atoms with van der Waals surface area (Å²) in [6, 6.07) is 23.9. The number of amides is 2. The second-order valence-electron chi connectivity index (χ2n) is 18.9. The maximum Gasteiger partial charge on any atom is 0.293 e. The van der Waals surface area contributed by atoms with Gasteiger partial charge in [-0.3, -0.25) is 24.6 Å². The zero-order valence-corrected chi connectivity index (χ0v) is 40.0. The van der Waals surface area contributed by atoms with Gasteiger partial charge >= 0.3 is 0 Å². The van der Waals surface area contributed by atoms with Crippen LogP contribution in [0.25, 0.3) is 5.57 Å². The van der Waals surface area contributed by atoms with Gasteiger partial charge in [-0.15, -0.1) is 0 Å². The molecular formula is C50H60ClN7O8S. The minimum atomic E-state index is -4.60. The van der Waals surface area contributed by atoms with E-state index in [0.29, 0.717) is 30.6 Å². The van der Waals surface area contributed by atoms with E-state index in [0.717, 1.165) is 108 Å². The fourth-order valence-corrected chi connectivity index (χ4v) is 10.8. The van der Waals surface area contributed by atoms with Crippen molar-refractivity contribution in [2.45, 2.75) is 82.7 Å². The van der Waals surface area contributed by atoms with Gasteiger partial charge in [0.1, 0.15) is 17.2 Å². The lowest BCUT2D eigenvalue weighted by Gasteiger charge is -2.39. The highest BCUT2D eigenvalue weighted by molar-refractivity contribution is 7.90. The number of piperazine rings is 1. The van der Waals surface area contributed by atoms with Crippen LogP contribution in [0.5, 0.6) is 11.5 Å². The lowest BCUT2D eigenvalue weighted by molar-refractivity contribution is -0.384. The molecule has 17 heteroatoms. The van der Waals surface area contributed by atoms with Crippen molar-refractivity contribution in [3.05, 3.63) is 117 Å². The lowest BCUT2D eigenvalue weighted by atomic mass is 9.72. The third-order valence-electron chi connectivity index (χ3n) is 13.4. The lowest BCUT2D eigenvalue weighted by Crippen LogP contribution is -2.47. The Morgan fingerprint density at radius 3 is 2.34 bits per heavy atom. The molecule has 0 bridgehead atoms. The van der Waals surface area contributed by atoms with Crippen molar-refractivity contribution in [3.8, 4) is 11.5 Å². The van der Waals surface area contributed by atoms with E-state index < -0.39 is 31.4 Å². The van der Waals surface area contributed by atoms with Crippen molar-refractivity contribution in [3.63, 3.8) is 0 Å². The van der Waals surface area contributed by atoms with Crippen molar-refractivity contribution in [2.24, 2.45) is 5.41 Å². The number of hydrogen-bond acceptors (Lipinski definition) is 12. The van der Waals surface area contributed by atoms with Gasteiger partial charge in [-0.1, -0.05) is 49.2 Å². The van der Waals surface area contributed by atoms with Crippen LogP contribution in [0.4, 0.5) is 22.7 Å². The fourth-order valence-electron chi connectivity index (χ4n) is 9.71. The highest BCUT2D eigenvalue weighted by Gasteiger charge is 2.32. The average Bonchev–Trinajstić information content (AvgIpc) is 3.30. The van der Waals surface area contributed by atoms with Gasteiger partial charge in [0.05, 0.1) is 15.4 Å². The third-order valence-corrected chi connectivity index (χ3v) is 15.0. The Kier molecular flexibility index (Phi) is 14.9. The number of sulfonamides is 1. The van der Waals surface area contributed by atoms with E-state index in [1.165, 1.54) is 41.8 Å². The molecule has 3 heterocycles. The van der Waals surface area contributed by atoms with E-state index in [1.54, 1.807) is 36.4 Å². The van der Waals surface area contributed by atoms with Crippen LogP contribution in [-0.4, -0.2) is 106 Å². The quantitative estimate of drug-likeness (QED) is 0.0810. The van der Waals surface area contributed by atoms with E-state index >= 15 is 0 Å². The predicted molar refractivity (Wildman–Crippen MR) is 262 cm³/mol. The van der Waals surface area contributed by atoms with Gasteiger partial charge in [0.25, 0.3) is 21.6 Å². The zero-order chi connectivity index (χ0) is 47.3. The Morgan fingerprint density at radius 1 is 0.910 bits per heavy atom. The summed E-state index contributed by atoms with van der Waals surface area (Å²) < 4.78 is 41.6. The number of likely N-dealkylation sites (tertiary alicyclic amines) is 1. The van der Waals surface area contributed by atoms with Crippen LogP contribution in [-0.2, 0) is 19.6 Å². The molecule has 0 spiro atoms. The number of allylic oxidation sites excluding steroid dienone is 1. The number of piperidine rings is 1. The molecule has 3 aliphatic heterocycles. The monoisotopic (exact) mass is 953 g/mol. The summed E-state index contributed by atoms with van der Waals surface area (Å²) in [7, 11) is -4.60. The van der Waals surface area contributed by atoms with Crippen molar-refractivity contribution in [2.75, 3.05) is 74.6 Å². The summed E-state index contributed by atoms with van der Waals surface area (Å²) in [4.78, 5) is 44.3. The smallest absolute Gasteiger partial charge is 0.293 e. The van der Waals surface area contributed by atoms with E-state index in [2.05, 4.69) is 56.0 Å². The molecule has 0 saturated carbocycles. The third kappa shape index (κ3) is 12.1. The van der Waals surface area contributed by atoms with E-state index in [4.69, 9.17) is 21.1 Å². The maximum atomic E-state index is 14.0. The molecule has 4 aromatic rings. The largest absolute Gasteiger partial charge is 0.456 e. The van der Waals surface area contributed by atoms with Gasteiger partial charge in [0.2, 0.25) is 5.91 Å². The first-order valence-corrected chi connectivity index (χ1v) is 25.0. The summed E-state index contributed by atoms with van der Waals surface area (Å²) in [5, 5.41) is 19.1. The summed E-state index contributed by atoms with van der Waals surface area (Å²) in [5.41, 5.74) is 5.27. The van der Waals surface area contributed by atoms with Gasteiger partial charge in [0, 0.05) is 113 Å². The number of nitro groups is 1. The van der Waals surface area contributed by atoms with Crippen LogP contribution in [0.3, 0.4) is 0 Å². The minimum Gasteiger partial charge on any atom is -0.456 e. The summed E-state index contributed by atoms with van der Waals surface area (Å²) in [6.07, 6.45) is 6.71. The van der Waals surface area contributed by atoms with Crippen molar-refractivity contribution in [1.29, 1.82) is 0 Å². The van der Waals surface area contributed by atoms with E-state index in [1.807, 2.05) is 12.1 Å². The molecule has 3 saturated heterocycles. The number of rotatable bonds is 14. The van der Waals surface area contributed by atoms with Crippen LogP contribution in [0.2, 0.25) is 5.02 Å². The van der Waals surface area contributed by atoms with E-state index in [-0.39, 0.29) is 34.4 Å². The number of carbonyl (C=O) groups is 2. The van der Waals surface area contributed by atoms with Crippen LogP contribution in [0.1, 0.15) is 81.6 Å². The Hall–Kier alpha value is -5.52. The summed E-state index contributed by atoms with van der Waals surface area (Å²) in [6.45, 7) is 13.1. The molecule has 0 aromatic heterocycles. The molecule has 2 amide bonds. The molecule has 0 atom stereocenters. The van der Waals surface area contributed by atoms with Crippen LogP contribution < -0.4 is 25.0 Å². The zero-order valence-electron chi connectivity index (χ0n) is 38.4. The molecule has 15 nitrogen and oxygen atoms in total. The second kappa shape index (κ2) is 20.8. The first kappa shape index (κ1) is 48.0. The standard InChI is InChI=1S/C50H60ClN7O8S/c1-34(59)52-39-5-4-6-42(29-39)66-48-30-41(57-25-23-55(24-26-57)33-36-15-20-50(2,3)32-45(36)35-7-9-37(51)10-8-35)11-13-44(48)49(60)54-67(63,64)43-12-14-46(47(31-43)58(61)62)53-38-16-21-56(22-17-38)40-18-27-65-28-19-40/h4-14,29-31,38,40,53H,15-28,32-33H2,1-3H3,(H,52,59)(H,54,60). The first-order chi connectivity index (χ1) is 32.1. The average molecular weight is 955 g/mol. The van der Waals surface area contributed by atoms with Gasteiger partial charge in [0.15, 0.2) is 0 Å². The van der Waals surface area contributed by atoms with Gasteiger partial charge < -0.3 is 29.9 Å². The highest BCUT2D eigenvalue weighted by atomic mass is 35.5. The molecule has 4 aromatic carbocycles. The Morgan fingerprint density at radius 2 is 1.64 bits per heavy atom. The number of halogens is 1. The second-order valence-corrected chi connectivity index (χ2v) is 21.0. The Bertz CT molecular complexity index is 2600. The maximum absolute atomic E-state index is 14.0. The number of nitrogens with zero attached hydrogens (tertiary/aromatic N) is 4. The summed E-state index contributed by atoms with van der Waals surface area (Å²) >= 11 is 6.25. The van der Waals surface area contributed by atoms with Gasteiger partial charge in [-0.05, 0) is 110 Å². The Labute approximate surface area is 398 Å². The number of anilines is 3. The van der Waals surface area contributed by atoms with E-state index in [9.17, 15) is 28.1 Å². The molecule has 8 rings (SSSR count). The number of ether oxygens (including phenoxy) is 2. The molecule has 4 aliphatic rings. The van der Waals surface area contributed by atoms with Gasteiger partial charge in [-0.25, -0.2) is 13.1 Å². The van der Waals surface area contributed by atoms with Crippen LogP contribution in [0, 0.1) is 15.5 Å². The molecule has 0 radical (unpaired) electrons. The SMILES string of the molecule is CC(=O)Nc1cccc(Oc2cc(N3CCN(CC4=C(c5ccc(Cl)cc5)CC(C)(C)CC4)CC3)ccc2C(=O)NS(=O)(=O)c2ccc(NC3CCN(C4CCOCC4)CC3)c([N+](=O)[O-])c2)c1. The van der Waals surface area contributed by atoms with Crippen LogP contribution in [0.15, 0.2) is 95.4 Å². The highest BCUT2D eigenvalue weighted by Crippen LogP contribution is 2.43. The molecule has 67 heavy (non-hydrogen) atoms. The number of nitrogens with one attached hydrogen (secondary N) is 3. The minimum absolute atomic E-state index is 0.0258. The number of carbonyl (C=O) groups excluding carboxylic acids is 2. The van der Waals surface area contributed by atoms with Crippen molar-refractivity contribution in [1.82, 2.24) is 14.5 Å². The molecular weight excluding hydrogens is 894 g/mol. The van der Waals surface area contributed by atoms with Gasteiger partial charge in [-0.2, -0.15) is 0 Å². The van der Waals surface area contributed by atoms with Crippen molar-refractivity contribution >= 4 is 61.8 Å². The molecule has 3 N–H and O–H groups in total. The molecule has 0 unspecified atom stereocenters. The predicted octanol–water partition coefficient (Wildman–Crippen LogP) is 8.96. The number of hydrogen-bond donors (Lipinski definition) is 3. The molecule has 356 valence electrons. The van der Waals surface area contributed by atoms with Crippen molar-refractivity contribution < 1.29 is 32.4 Å².